The first-order valence-electron chi connectivity index (χ1n) is 16.4. The third-order valence-corrected chi connectivity index (χ3v) is 9.68. The zero-order valence-corrected chi connectivity index (χ0v) is 29.0. The molecule has 49 heavy (non-hydrogen) atoms. The molecule has 2 aliphatic rings. The van der Waals surface area contributed by atoms with E-state index in [2.05, 4.69) is 31.6 Å². The molecule has 6 rings (SSSR count). The quantitative estimate of drug-likeness (QED) is 0.105. The van der Waals surface area contributed by atoms with Crippen LogP contribution in [0.2, 0.25) is 10.0 Å². The van der Waals surface area contributed by atoms with Crippen LogP contribution < -0.4 is 36.1 Å². The predicted octanol–water partition coefficient (Wildman–Crippen LogP) is 6.22. The number of pyridine rings is 1. The SMILES string of the molecule is COc1cc(-c2nccc(-c3cccc(Nc4cccc(CNCC5CCC(=O)N5)c4OC)c3Cl)c2Cl)ccc1CNCC1CCC(=O)N1. The summed E-state index contributed by atoms with van der Waals surface area (Å²) in [6, 6.07) is 19.7. The van der Waals surface area contributed by atoms with Gasteiger partial charge in [0.15, 0.2) is 0 Å². The lowest BCUT2D eigenvalue weighted by Crippen LogP contribution is -2.35. The van der Waals surface area contributed by atoms with E-state index >= 15 is 0 Å². The van der Waals surface area contributed by atoms with Gasteiger partial charge in [0.05, 0.1) is 41.3 Å². The minimum absolute atomic E-state index is 0.103. The number of carbonyl (C=O) groups is 2. The van der Waals surface area contributed by atoms with Gasteiger partial charge in [0.2, 0.25) is 11.8 Å². The van der Waals surface area contributed by atoms with Gasteiger partial charge in [0.25, 0.3) is 0 Å². The van der Waals surface area contributed by atoms with Crippen LogP contribution in [0.15, 0.2) is 66.9 Å². The smallest absolute Gasteiger partial charge is 0.220 e. The van der Waals surface area contributed by atoms with Crippen LogP contribution in [-0.4, -0.2) is 56.2 Å². The maximum absolute atomic E-state index is 11.5. The maximum atomic E-state index is 11.5. The van der Waals surface area contributed by atoms with E-state index in [0.717, 1.165) is 46.3 Å². The molecule has 12 heteroatoms. The van der Waals surface area contributed by atoms with Gasteiger partial charge < -0.3 is 36.1 Å². The molecule has 2 fully saturated rings. The number of benzene rings is 3. The van der Waals surface area contributed by atoms with Crippen LogP contribution in [-0.2, 0) is 22.7 Å². The lowest BCUT2D eigenvalue weighted by Gasteiger charge is -2.18. The molecule has 3 heterocycles. The first kappa shape index (κ1) is 34.5. The molecule has 4 aromatic rings. The first-order valence-corrected chi connectivity index (χ1v) is 17.1. The van der Waals surface area contributed by atoms with Crippen LogP contribution in [0.1, 0.15) is 36.8 Å². The minimum atomic E-state index is 0.103. The van der Waals surface area contributed by atoms with E-state index in [-0.39, 0.29) is 23.9 Å². The number of halogens is 2. The summed E-state index contributed by atoms with van der Waals surface area (Å²) < 4.78 is 11.6. The molecule has 10 nitrogen and oxygen atoms in total. The summed E-state index contributed by atoms with van der Waals surface area (Å²) in [5, 5.41) is 17.3. The van der Waals surface area contributed by atoms with Crippen LogP contribution in [0.25, 0.3) is 22.4 Å². The van der Waals surface area contributed by atoms with Crippen molar-refractivity contribution < 1.29 is 19.1 Å². The number of carbonyl (C=O) groups excluding carboxylic acids is 2. The third kappa shape index (κ3) is 8.11. The Labute approximate surface area is 296 Å². The highest BCUT2D eigenvalue weighted by Crippen LogP contribution is 2.42. The molecular weight excluding hydrogens is 663 g/mol. The normalized spacial score (nSPS) is 17.1. The molecule has 0 bridgehead atoms. The van der Waals surface area contributed by atoms with Crippen LogP contribution in [0.3, 0.4) is 0 Å². The highest BCUT2D eigenvalue weighted by molar-refractivity contribution is 6.39. The summed E-state index contributed by atoms with van der Waals surface area (Å²) in [5.74, 6) is 1.62. The topological polar surface area (TPSA) is 126 Å². The van der Waals surface area contributed by atoms with Crippen LogP contribution in [0.4, 0.5) is 11.4 Å². The second kappa shape index (κ2) is 15.9. The Morgan fingerprint density at radius 2 is 1.43 bits per heavy atom. The van der Waals surface area contributed by atoms with E-state index in [1.165, 1.54) is 0 Å². The van der Waals surface area contributed by atoms with E-state index in [1.807, 2.05) is 60.7 Å². The fourth-order valence-corrected chi connectivity index (χ4v) is 6.96. The monoisotopic (exact) mass is 702 g/mol. The summed E-state index contributed by atoms with van der Waals surface area (Å²) in [5.41, 5.74) is 6.35. The highest BCUT2D eigenvalue weighted by atomic mass is 35.5. The van der Waals surface area contributed by atoms with Crippen molar-refractivity contribution >= 4 is 46.4 Å². The Morgan fingerprint density at radius 3 is 2.08 bits per heavy atom. The Hall–Kier alpha value is -4.35. The molecule has 256 valence electrons. The van der Waals surface area contributed by atoms with E-state index in [9.17, 15) is 9.59 Å². The van der Waals surface area contributed by atoms with Crippen molar-refractivity contribution in [1.29, 1.82) is 0 Å². The van der Waals surface area contributed by atoms with E-state index in [0.29, 0.717) is 71.9 Å². The van der Waals surface area contributed by atoms with Crippen molar-refractivity contribution in [3.05, 3.63) is 88.0 Å². The summed E-state index contributed by atoms with van der Waals surface area (Å²) in [6.07, 6.45) is 4.56. The van der Waals surface area contributed by atoms with E-state index in [4.69, 9.17) is 32.7 Å². The van der Waals surface area contributed by atoms with Gasteiger partial charge in [-0.15, -0.1) is 0 Å². The van der Waals surface area contributed by atoms with Gasteiger partial charge in [-0.1, -0.05) is 59.6 Å². The average Bonchev–Trinajstić information content (AvgIpc) is 3.73. The molecular formula is C37H40Cl2N6O4. The molecule has 5 N–H and O–H groups in total. The van der Waals surface area contributed by atoms with Crippen molar-refractivity contribution in [3.8, 4) is 33.9 Å². The lowest BCUT2D eigenvalue weighted by molar-refractivity contribution is -0.120. The summed E-state index contributed by atoms with van der Waals surface area (Å²) in [7, 11) is 3.29. The third-order valence-electron chi connectivity index (χ3n) is 8.89. The van der Waals surface area contributed by atoms with Gasteiger partial charge in [-0.25, -0.2) is 0 Å². The molecule has 0 aliphatic carbocycles. The number of ether oxygens (including phenoxy) is 2. The highest BCUT2D eigenvalue weighted by Gasteiger charge is 2.22. The van der Waals surface area contributed by atoms with Gasteiger partial charge in [0.1, 0.15) is 11.5 Å². The Bertz CT molecular complexity index is 1840. The fraction of sp³-hybridized carbons (Fsp3) is 0.324. The first-order chi connectivity index (χ1) is 23.8. The van der Waals surface area contributed by atoms with E-state index in [1.54, 1.807) is 20.4 Å². The van der Waals surface area contributed by atoms with Crippen LogP contribution in [0.5, 0.6) is 11.5 Å². The molecule has 2 atom stereocenters. The molecule has 0 radical (unpaired) electrons. The number of aromatic nitrogens is 1. The molecule has 0 saturated carbocycles. The zero-order valence-electron chi connectivity index (χ0n) is 27.5. The van der Waals surface area contributed by atoms with Gasteiger partial charge in [-0.3, -0.25) is 14.6 Å². The molecule has 2 aliphatic heterocycles. The number of rotatable bonds is 14. The van der Waals surface area contributed by atoms with E-state index < -0.39 is 0 Å². The van der Waals surface area contributed by atoms with Crippen molar-refractivity contribution in [3.63, 3.8) is 0 Å². The van der Waals surface area contributed by atoms with Gasteiger partial charge in [-0.2, -0.15) is 0 Å². The number of hydrogen-bond acceptors (Lipinski definition) is 8. The van der Waals surface area contributed by atoms with Gasteiger partial charge in [0, 0.05) is 85.1 Å². The van der Waals surface area contributed by atoms with Crippen molar-refractivity contribution in [2.45, 2.75) is 50.9 Å². The molecule has 2 saturated heterocycles. The number of hydrogen-bond donors (Lipinski definition) is 5. The molecule has 2 amide bonds. The molecule has 0 spiro atoms. The van der Waals surface area contributed by atoms with Crippen molar-refractivity contribution in [1.82, 2.24) is 26.3 Å². The second-order valence-corrected chi connectivity index (χ2v) is 13.0. The number of nitrogens with one attached hydrogen (secondary N) is 5. The summed E-state index contributed by atoms with van der Waals surface area (Å²) in [4.78, 5) is 27.7. The second-order valence-electron chi connectivity index (χ2n) is 12.2. The van der Waals surface area contributed by atoms with Crippen molar-refractivity contribution in [2.24, 2.45) is 0 Å². The number of nitrogens with zero attached hydrogens (tertiary/aromatic N) is 1. The predicted molar refractivity (Wildman–Crippen MR) is 194 cm³/mol. The largest absolute Gasteiger partial charge is 0.496 e. The Kier molecular flexibility index (Phi) is 11.2. The van der Waals surface area contributed by atoms with Gasteiger partial charge in [-0.05, 0) is 37.1 Å². The van der Waals surface area contributed by atoms with Crippen LogP contribution >= 0.6 is 23.2 Å². The zero-order chi connectivity index (χ0) is 34.3. The number of amides is 2. The summed E-state index contributed by atoms with van der Waals surface area (Å²) in [6.45, 7) is 2.55. The minimum Gasteiger partial charge on any atom is -0.496 e. The maximum Gasteiger partial charge on any atom is 0.220 e. The lowest BCUT2D eigenvalue weighted by atomic mass is 10.0. The standard InChI is InChI=1S/C37H40Cl2N6O4/c1-48-31-17-22(9-10-23(31)18-40-20-25-11-13-32(46)43-25)36-35(39)28(15-16-42-36)27-6-4-7-29(34(27)38)45-30-8-3-5-24(37(30)49-2)19-41-21-26-12-14-33(47)44-26/h3-10,15-17,25-26,40-41,45H,11-14,18-21H2,1-2H3,(H,43,46)(H,44,47). The summed E-state index contributed by atoms with van der Waals surface area (Å²) >= 11 is 14.1. The fourth-order valence-electron chi connectivity index (χ4n) is 6.36. The van der Waals surface area contributed by atoms with Crippen LogP contribution in [0, 0.1) is 0 Å². The Morgan fingerprint density at radius 1 is 0.776 bits per heavy atom. The number of methoxy groups -OCH3 is 2. The van der Waals surface area contributed by atoms with Crippen molar-refractivity contribution in [2.75, 3.05) is 32.6 Å². The number of anilines is 2. The molecule has 2 unspecified atom stereocenters. The molecule has 1 aromatic heterocycles. The van der Waals surface area contributed by atoms with Gasteiger partial charge >= 0.3 is 0 Å². The number of para-hydroxylation sites is 1. The Balaban J connectivity index is 1.19. The average molecular weight is 704 g/mol. The molecule has 3 aromatic carbocycles.